The van der Waals surface area contributed by atoms with Gasteiger partial charge in [-0.1, -0.05) is 18.2 Å². The maximum absolute atomic E-state index is 5.61. The minimum atomic E-state index is 0.628. The van der Waals surface area contributed by atoms with Crippen molar-refractivity contribution in [3.05, 3.63) is 48.2 Å². The van der Waals surface area contributed by atoms with Crippen molar-refractivity contribution in [2.45, 2.75) is 6.42 Å². The van der Waals surface area contributed by atoms with E-state index in [0.29, 0.717) is 6.54 Å². The van der Waals surface area contributed by atoms with Crippen molar-refractivity contribution in [1.82, 2.24) is 4.98 Å². The lowest BCUT2D eigenvalue weighted by Crippen LogP contribution is -2.04. The molecule has 3 nitrogen and oxygen atoms in total. The molecule has 0 unspecified atom stereocenters. The molecule has 0 aliphatic rings. The van der Waals surface area contributed by atoms with Crippen LogP contribution in [-0.2, 0) is 6.42 Å². The molecule has 0 aliphatic heterocycles. The third kappa shape index (κ3) is 2.63. The van der Waals surface area contributed by atoms with Gasteiger partial charge in [0.25, 0.3) is 0 Å². The van der Waals surface area contributed by atoms with Crippen molar-refractivity contribution >= 4 is 0 Å². The van der Waals surface area contributed by atoms with Gasteiger partial charge < -0.3 is 10.5 Å². The quantitative estimate of drug-likeness (QED) is 0.873. The molecule has 0 amide bonds. The number of pyridine rings is 1. The van der Waals surface area contributed by atoms with Gasteiger partial charge in [-0.05, 0) is 36.7 Å². The molecule has 88 valence electrons. The highest BCUT2D eigenvalue weighted by molar-refractivity contribution is 5.64. The number of hydrogen-bond acceptors (Lipinski definition) is 3. The summed E-state index contributed by atoms with van der Waals surface area (Å²) < 4.78 is 5.22. The maximum atomic E-state index is 5.61. The smallest absolute Gasteiger partial charge is 0.119 e. The van der Waals surface area contributed by atoms with Crippen LogP contribution >= 0.6 is 0 Å². The molecule has 0 atom stereocenters. The molecule has 17 heavy (non-hydrogen) atoms. The van der Waals surface area contributed by atoms with Crippen molar-refractivity contribution in [3.63, 3.8) is 0 Å². The molecule has 0 radical (unpaired) electrons. The second-order valence-corrected chi connectivity index (χ2v) is 3.78. The average molecular weight is 228 g/mol. The summed E-state index contributed by atoms with van der Waals surface area (Å²) in [6.07, 6.45) is 2.63. The van der Waals surface area contributed by atoms with Crippen molar-refractivity contribution < 1.29 is 4.74 Å². The summed E-state index contributed by atoms with van der Waals surface area (Å²) in [6, 6.07) is 11.9. The Morgan fingerprint density at radius 2 is 2.12 bits per heavy atom. The lowest BCUT2D eigenvalue weighted by Gasteiger charge is -2.08. The minimum Gasteiger partial charge on any atom is -0.497 e. The van der Waals surface area contributed by atoms with E-state index in [1.54, 1.807) is 13.3 Å². The molecule has 3 heteroatoms. The lowest BCUT2D eigenvalue weighted by atomic mass is 10.0. The second-order valence-electron chi connectivity index (χ2n) is 3.78. The van der Waals surface area contributed by atoms with Crippen molar-refractivity contribution in [3.8, 4) is 17.0 Å². The first kappa shape index (κ1) is 11.6. The molecule has 2 aromatic rings. The maximum Gasteiger partial charge on any atom is 0.119 e. The van der Waals surface area contributed by atoms with E-state index in [-0.39, 0.29) is 0 Å². The molecule has 0 fully saturated rings. The zero-order valence-electron chi connectivity index (χ0n) is 9.89. The first-order valence-corrected chi connectivity index (χ1v) is 5.63. The molecule has 0 saturated carbocycles. The summed E-state index contributed by atoms with van der Waals surface area (Å²) >= 11 is 0. The number of hydrogen-bond donors (Lipinski definition) is 1. The highest BCUT2D eigenvalue weighted by atomic mass is 16.5. The molecule has 2 rings (SSSR count). The molecule has 0 saturated heterocycles. The van der Waals surface area contributed by atoms with Gasteiger partial charge in [-0.15, -0.1) is 0 Å². The Hall–Kier alpha value is -1.87. The molecular formula is C14H16N2O. The summed E-state index contributed by atoms with van der Waals surface area (Å²) in [7, 11) is 1.67. The van der Waals surface area contributed by atoms with Crippen LogP contribution in [0.25, 0.3) is 11.3 Å². The van der Waals surface area contributed by atoms with Crippen LogP contribution in [0.5, 0.6) is 5.75 Å². The standard InChI is InChI=1S/C14H16N2O/c1-17-13-6-2-4-12(10-13)14-11(7-8-15)5-3-9-16-14/h2-6,9-10H,7-8,15H2,1H3. The first-order chi connectivity index (χ1) is 8.35. The number of nitrogens with two attached hydrogens (primary N) is 1. The summed E-state index contributed by atoms with van der Waals surface area (Å²) in [4.78, 5) is 4.43. The Morgan fingerprint density at radius 3 is 2.88 bits per heavy atom. The molecule has 1 aromatic heterocycles. The fraction of sp³-hybridized carbons (Fsp3) is 0.214. The summed E-state index contributed by atoms with van der Waals surface area (Å²) in [5.74, 6) is 0.840. The van der Waals surface area contributed by atoms with Gasteiger partial charge in [0.1, 0.15) is 5.75 Å². The topological polar surface area (TPSA) is 48.1 Å². The van der Waals surface area contributed by atoms with E-state index >= 15 is 0 Å². The van der Waals surface area contributed by atoms with Crippen LogP contribution in [0.2, 0.25) is 0 Å². The third-order valence-electron chi connectivity index (χ3n) is 2.65. The van der Waals surface area contributed by atoms with Gasteiger partial charge in [-0.25, -0.2) is 0 Å². The number of rotatable bonds is 4. The number of methoxy groups -OCH3 is 1. The Balaban J connectivity index is 2.44. The van der Waals surface area contributed by atoms with E-state index < -0.39 is 0 Å². The highest BCUT2D eigenvalue weighted by Crippen LogP contribution is 2.24. The van der Waals surface area contributed by atoms with E-state index in [1.807, 2.05) is 30.3 Å². The summed E-state index contributed by atoms with van der Waals surface area (Å²) in [5, 5.41) is 0. The molecule has 1 aromatic carbocycles. The highest BCUT2D eigenvalue weighted by Gasteiger charge is 2.06. The van der Waals surface area contributed by atoms with Gasteiger partial charge in [0.2, 0.25) is 0 Å². The zero-order valence-corrected chi connectivity index (χ0v) is 9.89. The number of benzene rings is 1. The van der Waals surface area contributed by atoms with E-state index in [0.717, 1.165) is 23.4 Å². The Labute approximate surface area is 101 Å². The van der Waals surface area contributed by atoms with Gasteiger partial charge in [0.15, 0.2) is 0 Å². The van der Waals surface area contributed by atoms with E-state index in [4.69, 9.17) is 10.5 Å². The predicted molar refractivity (Wildman–Crippen MR) is 69.0 cm³/mol. The summed E-state index contributed by atoms with van der Waals surface area (Å²) in [5.41, 5.74) is 8.83. The zero-order chi connectivity index (χ0) is 12.1. The van der Waals surface area contributed by atoms with Gasteiger partial charge >= 0.3 is 0 Å². The number of nitrogens with zero attached hydrogens (tertiary/aromatic N) is 1. The van der Waals surface area contributed by atoms with E-state index in [9.17, 15) is 0 Å². The average Bonchev–Trinajstić information content (AvgIpc) is 2.40. The van der Waals surface area contributed by atoms with E-state index in [1.165, 1.54) is 5.56 Å². The van der Waals surface area contributed by atoms with Gasteiger partial charge in [0.05, 0.1) is 12.8 Å². The van der Waals surface area contributed by atoms with Crippen LogP contribution in [0, 0.1) is 0 Å². The van der Waals surface area contributed by atoms with Gasteiger partial charge in [-0.2, -0.15) is 0 Å². The van der Waals surface area contributed by atoms with Crippen LogP contribution in [0.4, 0.5) is 0 Å². The third-order valence-corrected chi connectivity index (χ3v) is 2.65. The number of aromatic nitrogens is 1. The van der Waals surface area contributed by atoms with Gasteiger partial charge in [-0.3, -0.25) is 4.98 Å². The normalized spacial score (nSPS) is 10.2. The minimum absolute atomic E-state index is 0.628. The second kappa shape index (κ2) is 5.46. The first-order valence-electron chi connectivity index (χ1n) is 5.63. The molecule has 0 spiro atoms. The van der Waals surface area contributed by atoms with E-state index in [2.05, 4.69) is 11.1 Å². The molecular weight excluding hydrogens is 212 g/mol. The fourth-order valence-corrected chi connectivity index (χ4v) is 1.83. The lowest BCUT2D eigenvalue weighted by molar-refractivity contribution is 0.415. The van der Waals surface area contributed by atoms with Crippen molar-refractivity contribution in [2.24, 2.45) is 5.73 Å². The fourth-order valence-electron chi connectivity index (χ4n) is 1.83. The van der Waals surface area contributed by atoms with Crippen LogP contribution < -0.4 is 10.5 Å². The van der Waals surface area contributed by atoms with Crippen LogP contribution in [-0.4, -0.2) is 18.6 Å². The van der Waals surface area contributed by atoms with Crippen LogP contribution in [0.3, 0.4) is 0 Å². The van der Waals surface area contributed by atoms with Gasteiger partial charge in [0, 0.05) is 11.8 Å². The van der Waals surface area contributed by atoms with Crippen LogP contribution in [0.15, 0.2) is 42.6 Å². The molecule has 0 bridgehead atoms. The largest absolute Gasteiger partial charge is 0.497 e. The molecule has 1 heterocycles. The molecule has 2 N–H and O–H groups in total. The SMILES string of the molecule is COc1cccc(-c2ncccc2CCN)c1. The molecule has 0 aliphatic carbocycles. The Morgan fingerprint density at radius 1 is 1.24 bits per heavy atom. The van der Waals surface area contributed by atoms with Crippen LogP contribution in [0.1, 0.15) is 5.56 Å². The monoisotopic (exact) mass is 228 g/mol. The summed E-state index contributed by atoms with van der Waals surface area (Å²) in [6.45, 7) is 0.628. The predicted octanol–water partition coefficient (Wildman–Crippen LogP) is 2.26. The van der Waals surface area contributed by atoms with Crippen molar-refractivity contribution in [2.75, 3.05) is 13.7 Å². The van der Waals surface area contributed by atoms with Crippen molar-refractivity contribution in [1.29, 1.82) is 0 Å². The Bertz CT molecular complexity index is 497. The number of ether oxygens (including phenoxy) is 1. The Kier molecular flexibility index (Phi) is 3.73.